The molecule has 18 heavy (non-hydrogen) atoms. The summed E-state index contributed by atoms with van der Waals surface area (Å²) in [6.45, 7) is 0. The molecule has 0 aliphatic heterocycles. The minimum Gasteiger partial charge on any atom is -0.361 e. The number of fused-ring (bicyclic) bond motifs is 1. The van der Waals surface area contributed by atoms with E-state index in [9.17, 15) is 18.5 Å². The van der Waals surface area contributed by atoms with Crippen LogP contribution in [-0.4, -0.2) is 17.9 Å². The molecule has 0 radical (unpaired) electrons. The molecule has 2 aromatic rings. The van der Waals surface area contributed by atoms with Crippen LogP contribution in [0.3, 0.4) is 0 Å². The molecule has 2 aromatic carbocycles. The molecule has 0 amide bonds. The summed E-state index contributed by atoms with van der Waals surface area (Å²) in [5.41, 5.74) is -0.173. The Hall–Kier alpha value is -2.19. The third-order valence-corrected chi connectivity index (χ3v) is 2.64. The Kier molecular flexibility index (Phi) is 2.89. The van der Waals surface area contributed by atoms with Gasteiger partial charge in [-0.2, -0.15) is 8.42 Å². The van der Waals surface area contributed by atoms with Crippen LogP contribution in [-0.2, 0) is 10.4 Å². The lowest BCUT2D eigenvalue weighted by Gasteiger charge is -2.06. The number of nitro benzene ring substituents is 1. The minimum absolute atomic E-state index is 0.168. The summed E-state index contributed by atoms with van der Waals surface area (Å²) >= 11 is 0. The average molecular weight is 269 g/mol. The monoisotopic (exact) mass is 269 g/mol. The summed E-state index contributed by atoms with van der Waals surface area (Å²) in [6.07, 6.45) is 0. The second-order valence-corrected chi connectivity index (χ2v) is 4.42. The molecule has 8 heteroatoms. The highest BCUT2D eigenvalue weighted by atomic mass is 32.3. The molecule has 0 spiro atoms. The lowest BCUT2D eigenvalue weighted by Crippen LogP contribution is -2.07. The summed E-state index contributed by atoms with van der Waals surface area (Å²) in [4.78, 5) is 10.2. The summed E-state index contributed by atoms with van der Waals surface area (Å²) in [5, 5.41) is 11.3. The zero-order valence-corrected chi connectivity index (χ0v) is 9.62. The van der Waals surface area contributed by atoms with E-state index in [1.165, 1.54) is 12.1 Å². The van der Waals surface area contributed by atoms with Crippen molar-refractivity contribution < 1.29 is 22.1 Å². The van der Waals surface area contributed by atoms with Gasteiger partial charge in [0.25, 0.3) is 5.69 Å². The van der Waals surface area contributed by atoms with Gasteiger partial charge in [-0.05, 0) is 12.1 Å². The summed E-state index contributed by atoms with van der Waals surface area (Å²) in [6, 6.07) is 8.31. The van der Waals surface area contributed by atoms with Crippen LogP contribution in [0, 0.1) is 10.1 Å². The largest absolute Gasteiger partial charge is 0.446 e. The number of non-ortho nitro benzene ring substituents is 1. The van der Waals surface area contributed by atoms with Crippen molar-refractivity contribution in [2.45, 2.75) is 0 Å². The first-order chi connectivity index (χ1) is 8.38. The molecule has 0 unspecified atom stereocenters. The van der Waals surface area contributed by atoms with Crippen molar-refractivity contribution in [3.63, 3.8) is 0 Å². The van der Waals surface area contributed by atoms with E-state index in [1.807, 2.05) is 0 Å². The Morgan fingerprint density at radius 3 is 2.28 bits per heavy atom. The topological polar surface area (TPSA) is 107 Å². The first-order valence-corrected chi connectivity index (χ1v) is 6.08. The van der Waals surface area contributed by atoms with Crippen LogP contribution in [0.25, 0.3) is 10.8 Å². The van der Waals surface area contributed by atoms with E-state index in [-0.39, 0.29) is 22.2 Å². The molecule has 0 atom stereocenters. The maximum atomic E-state index is 10.8. The molecule has 1 N–H and O–H groups in total. The number of nitro groups is 1. The van der Waals surface area contributed by atoms with Crippen molar-refractivity contribution >= 4 is 26.9 Å². The van der Waals surface area contributed by atoms with E-state index >= 15 is 0 Å². The zero-order chi connectivity index (χ0) is 13.3. The lowest BCUT2D eigenvalue weighted by molar-refractivity contribution is -0.383. The van der Waals surface area contributed by atoms with Crippen molar-refractivity contribution in [1.82, 2.24) is 0 Å². The molecule has 94 valence electrons. The van der Waals surface area contributed by atoms with Gasteiger partial charge in [-0.3, -0.25) is 14.7 Å². The number of benzene rings is 2. The maximum Gasteiger partial charge on any atom is 0.446 e. The van der Waals surface area contributed by atoms with Gasteiger partial charge in [-0.15, -0.1) is 0 Å². The molecular weight excluding hydrogens is 262 g/mol. The summed E-state index contributed by atoms with van der Waals surface area (Å²) in [7, 11) is -4.67. The van der Waals surface area contributed by atoms with E-state index in [0.717, 1.165) is 12.1 Å². The van der Waals surface area contributed by atoms with Crippen molar-refractivity contribution in [2.24, 2.45) is 0 Å². The van der Waals surface area contributed by atoms with E-state index < -0.39 is 15.3 Å². The van der Waals surface area contributed by atoms with Crippen LogP contribution in [0.2, 0.25) is 0 Å². The predicted molar refractivity (Wildman–Crippen MR) is 62.8 cm³/mol. The predicted octanol–water partition coefficient (Wildman–Crippen LogP) is 1.93. The molecule has 0 aromatic heterocycles. The van der Waals surface area contributed by atoms with E-state index in [2.05, 4.69) is 4.18 Å². The SMILES string of the molecule is O=[N+]([O-])c1ccc(OS(=O)(=O)O)c2ccccc12. The van der Waals surface area contributed by atoms with Gasteiger partial charge < -0.3 is 4.18 Å². The van der Waals surface area contributed by atoms with Gasteiger partial charge in [0.05, 0.1) is 10.3 Å². The van der Waals surface area contributed by atoms with Crippen LogP contribution in [0.5, 0.6) is 5.75 Å². The fourth-order valence-corrected chi connectivity index (χ4v) is 1.97. The van der Waals surface area contributed by atoms with Crippen molar-refractivity contribution in [3.05, 3.63) is 46.5 Å². The zero-order valence-electron chi connectivity index (χ0n) is 8.81. The molecule has 0 fully saturated rings. The Bertz CT molecular complexity index is 724. The Balaban J connectivity index is 2.72. The van der Waals surface area contributed by atoms with Gasteiger partial charge in [-0.25, -0.2) is 0 Å². The first kappa shape index (κ1) is 12.3. The summed E-state index contributed by atoms with van der Waals surface area (Å²) in [5.74, 6) is -0.168. The normalized spacial score (nSPS) is 11.4. The Morgan fingerprint density at radius 1 is 1.11 bits per heavy atom. The number of rotatable bonds is 3. The van der Waals surface area contributed by atoms with Gasteiger partial charge in [0.2, 0.25) is 0 Å². The molecule has 7 nitrogen and oxygen atoms in total. The Morgan fingerprint density at radius 2 is 1.72 bits per heavy atom. The van der Waals surface area contributed by atoms with E-state index in [4.69, 9.17) is 4.55 Å². The molecule has 0 saturated heterocycles. The lowest BCUT2D eigenvalue weighted by atomic mass is 10.1. The molecule has 2 rings (SSSR count). The average Bonchev–Trinajstić information content (AvgIpc) is 2.27. The molecule has 0 aliphatic rings. The molecule has 0 heterocycles. The standard InChI is InChI=1S/C10H7NO6S/c12-11(13)9-5-6-10(17-18(14,15)16)8-4-2-1-3-7(8)9/h1-6H,(H,14,15,16). The smallest absolute Gasteiger partial charge is 0.361 e. The molecule has 0 saturated carbocycles. The highest BCUT2D eigenvalue weighted by Crippen LogP contribution is 2.33. The molecule has 0 aliphatic carbocycles. The third kappa shape index (κ3) is 2.39. The first-order valence-electron chi connectivity index (χ1n) is 4.71. The number of hydrogen-bond donors (Lipinski definition) is 1. The third-order valence-electron chi connectivity index (χ3n) is 2.25. The fourth-order valence-electron chi connectivity index (χ4n) is 1.60. The molecule has 0 bridgehead atoms. The fraction of sp³-hybridized carbons (Fsp3) is 0. The number of nitrogens with zero attached hydrogens (tertiary/aromatic N) is 1. The second kappa shape index (κ2) is 4.24. The molecular formula is C10H7NO6S. The van der Waals surface area contributed by atoms with Crippen LogP contribution < -0.4 is 4.18 Å². The second-order valence-electron chi connectivity index (χ2n) is 3.40. The van der Waals surface area contributed by atoms with Crippen LogP contribution in [0.1, 0.15) is 0 Å². The maximum absolute atomic E-state index is 10.8. The van der Waals surface area contributed by atoms with Crippen LogP contribution >= 0.6 is 0 Å². The van der Waals surface area contributed by atoms with Crippen LogP contribution in [0.15, 0.2) is 36.4 Å². The quantitative estimate of drug-likeness (QED) is 0.518. The van der Waals surface area contributed by atoms with Gasteiger partial charge in [0.15, 0.2) is 5.75 Å². The Labute approximate surface area is 102 Å². The van der Waals surface area contributed by atoms with Gasteiger partial charge in [-0.1, -0.05) is 18.2 Å². The van der Waals surface area contributed by atoms with Crippen molar-refractivity contribution in [3.8, 4) is 5.75 Å². The van der Waals surface area contributed by atoms with Gasteiger partial charge in [0, 0.05) is 11.5 Å². The minimum atomic E-state index is -4.67. The highest BCUT2D eigenvalue weighted by molar-refractivity contribution is 7.81. The van der Waals surface area contributed by atoms with Crippen LogP contribution in [0.4, 0.5) is 5.69 Å². The number of hydrogen-bond acceptors (Lipinski definition) is 5. The van der Waals surface area contributed by atoms with Gasteiger partial charge >= 0.3 is 10.4 Å². The van der Waals surface area contributed by atoms with Crippen molar-refractivity contribution in [2.75, 3.05) is 0 Å². The highest BCUT2D eigenvalue weighted by Gasteiger charge is 2.17. The van der Waals surface area contributed by atoms with Gasteiger partial charge in [0.1, 0.15) is 0 Å². The van der Waals surface area contributed by atoms with E-state index in [0.29, 0.717) is 0 Å². The summed E-state index contributed by atoms with van der Waals surface area (Å²) < 4.78 is 34.3. The van der Waals surface area contributed by atoms with Crippen molar-refractivity contribution in [1.29, 1.82) is 0 Å². The van der Waals surface area contributed by atoms with E-state index in [1.54, 1.807) is 12.1 Å².